The Labute approximate surface area is 255 Å². The Bertz CT molecular complexity index is 1270. The summed E-state index contributed by atoms with van der Waals surface area (Å²) in [6.07, 6.45) is -3.54. The number of rotatable bonds is 13. The normalized spacial score (nSPS) is 16.0. The first-order valence-electron chi connectivity index (χ1n) is 14.6. The summed E-state index contributed by atoms with van der Waals surface area (Å²) in [5.74, 6) is -2.00. The highest BCUT2D eigenvalue weighted by atomic mass is 28.4. The number of carbonyl (C=O) groups excluding carboxylic acids is 1. The zero-order valence-electron chi connectivity index (χ0n) is 25.9. The third-order valence-electron chi connectivity index (χ3n) is 7.70. The Hall–Kier alpha value is -3.20. The molecule has 0 fully saturated rings. The Balaban J connectivity index is 2.00. The molecular formula is C35H44F3NO3Si. The molecule has 3 aromatic rings. The van der Waals surface area contributed by atoms with Gasteiger partial charge in [0.1, 0.15) is 6.10 Å². The van der Waals surface area contributed by atoms with E-state index in [2.05, 4.69) is 56.9 Å². The minimum atomic E-state index is -5.00. The van der Waals surface area contributed by atoms with Gasteiger partial charge in [-0.3, -0.25) is 4.79 Å². The van der Waals surface area contributed by atoms with Gasteiger partial charge in [0, 0.05) is 12.5 Å². The first kappa shape index (κ1) is 34.3. The molecule has 3 aromatic carbocycles. The fourth-order valence-electron chi connectivity index (χ4n) is 5.90. The lowest BCUT2D eigenvalue weighted by Gasteiger charge is -2.46. The van der Waals surface area contributed by atoms with Crippen molar-refractivity contribution in [3.63, 3.8) is 0 Å². The van der Waals surface area contributed by atoms with E-state index in [-0.39, 0.29) is 11.1 Å². The predicted octanol–water partition coefficient (Wildman–Crippen LogP) is 7.50. The predicted molar refractivity (Wildman–Crippen MR) is 170 cm³/mol. The van der Waals surface area contributed by atoms with Crippen LogP contribution in [0, 0.1) is 0 Å². The number of benzene rings is 3. The van der Waals surface area contributed by atoms with E-state index in [1.165, 1.54) is 6.92 Å². The number of carbonyl (C=O) groups is 1. The number of alkyl halides is 3. The van der Waals surface area contributed by atoms with Crippen LogP contribution in [0.4, 0.5) is 13.2 Å². The summed E-state index contributed by atoms with van der Waals surface area (Å²) in [5.41, 5.74) is -0.210. The molecule has 1 amide bonds. The molecule has 0 saturated heterocycles. The van der Waals surface area contributed by atoms with Gasteiger partial charge in [-0.2, -0.15) is 13.2 Å². The molecule has 0 spiro atoms. The van der Waals surface area contributed by atoms with Gasteiger partial charge in [-0.25, -0.2) is 0 Å². The van der Waals surface area contributed by atoms with Crippen molar-refractivity contribution < 1.29 is 27.1 Å². The first-order chi connectivity index (χ1) is 20.1. The standard InChI is InChI=1S/C35H44F3NO3Si/c1-8-24-34(7,41-31(28-18-12-9-13-19-28)27(3)39-32(40)35(36,37)38)25-26(2)42-43(33(4,5)6,29-20-14-10-15-21-29)30-22-16-11-17-23-30/h8-23,26-27,31H,1,24-25H2,2-7H3,(H,39,40)/t26-,27+,31-,34+/m1/s1. The van der Waals surface area contributed by atoms with E-state index in [0.29, 0.717) is 18.4 Å². The van der Waals surface area contributed by atoms with Gasteiger partial charge in [0.15, 0.2) is 0 Å². The SMILES string of the molecule is C=CC[C@@](C)(C[C@@H](C)O[Si](c1ccccc1)(c1ccccc1)C(C)(C)C)O[C@@H](c1ccccc1)[C@H](C)NC(=O)C(F)(F)F. The van der Waals surface area contributed by atoms with Crippen LogP contribution in [0.15, 0.2) is 104 Å². The molecule has 0 aliphatic carbocycles. The Morgan fingerprint density at radius 1 is 0.860 bits per heavy atom. The molecule has 0 heterocycles. The Kier molecular flexibility index (Phi) is 11.2. The molecule has 3 rings (SSSR count). The maximum atomic E-state index is 13.2. The van der Waals surface area contributed by atoms with Gasteiger partial charge in [-0.1, -0.05) is 118 Å². The van der Waals surface area contributed by atoms with Crippen molar-refractivity contribution in [1.29, 1.82) is 0 Å². The van der Waals surface area contributed by atoms with Crippen molar-refractivity contribution >= 4 is 24.6 Å². The van der Waals surface area contributed by atoms with Gasteiger partial charge < -0.3 is 14.5 Å². The Morgan fingerprint density at radius 3 is 1.74 bits per heavy atom. The molecule has 0 aliphatic heterocycles. The van der Waals surface area contributed by atoms with Crippen molar-refractivity contribution in [3.05, 3.63) is 109 Å². The van der Waals surface area contributed by atoms with E-state index < -0.39 is 38.1 Å². The third-order valence-corrected chi connectivity index (χ3v) is 12.9. The first-order valence-corrected chi connectivity index (χ1v) is 16.5. The van der Waals surface area contributed by atoms with Crippen molar-refractivity contribution in [3.8, 4) is 0 Å². The summed E-state index contributed by atoms with van der Waals surface area (Å²) in [6, 6.07) is 28.7. The summed E-state index contributed by atoms with van der Waals surface area (Å²) in [4.78, 5) is 11.9. The molecule has 0 aliphatic rings. The van der Waals surface area contributed by atoms with Crippen LogP contribution in [0.3, 0.4) is 0 Å². The molecule has 0 saturated carbocycles. The third kappa shape index (κ3) is 8.46. The molecule has 1 N–H and O–H groups in total. The van der Waals surface area contributed by atoms with E-state index in [1.54, 1.807) is 30.3 Å². The second-order valence-electron chi connectivity index (χ2n) is 12.4. The molecule has 4 nitrogen and oxygen atoms in total. The molecule has 232 valence electrons. The van der Waals surface area contributed by atoms with Crippen LogP contribution < -0.4 is 15.7 Å². The minimum Gasteiger partial charge on any atom is -0.405 e. The zero-order valence-corrected chi connectivity index (χ0v) is 26.9. The summed E-state index contributed by atoms with van der Waals surface area (Å²) in [5, 5.41) is 4.17. The average Bonchev–Trinajstić information content (AvgIpc) is 2.95. The van der Waals surface area contributed by atoms with E-state index in [1.807, 2.05) is 56.3 Å². The number of hydrogen-bond donors (Lipinski definition) is 1. The maximum absolute atomic E-state index is 13.2. The van der Waals surface area contributed by atoms with Gasteiger partial charge in [-0.05, 0) is 48.2 Å². The zero-order chi connectivity index (χ0) is 31.9. The summed E-state index contributed by atoms with van der Waals surface area (Å²) < 4.78 is 53.5. The lowest BCUT2D eigenvalue weighted by molar-refractivity contribution is -0.176. The molecule has 4 atom stereocenters. The number of halogens is 3. The average molecular weight is 612 g/mol. The molecule has 0 radical (unpaired) electrons. The number of nitrogens with one attached hydrogen (secondary N) is 1. The van der Waals surface area contributed by atoms with Crippen molar-refractivity contribution in [2.24, 2.45) is 0 Å². The van der Waals surface area contributed by atoms with Gasteiger partial charge in [0.2, 0.25) is 0 Å². The van der Waals surface area contributed by atoms with Crippen LogP contribution in [-0.2, 0) is 14.0 Å². The van der Waals surface area contributed by atoms with Crippen LogP contribution in [-0.4, -0.2) is 38.1 Å². The molecule has 0 aromatic heterocycles. The highest BCUT2D eigenvalue weighted by Crippen LogP contribution is 2.40. The van der Waals surface area contributed by atoms with Crippen molar-refractivity contribution in [2.75, 3.05) is 0 Å². The van der Waals surface area contributed by atoms with Gasteiger partial charge >= 0.3 is 12.1 Å². The fraction of sp³-hybridized carbons (Fsp3) is 0.400. The quantitative estimate of drug-likeness (QED) is 0.161. The fourth-order valence-corrected chi connectivity index (χ4v) is 10.6. The largest absolute Gasteiger partial charge is 0.471 e. The molecule has 43 heavy (non-hydrogen) atoms. The minimum absolute atomic E-state index is 0.234. The molecule has 8 heteroatoms. The molecule has 0 unspecified atom stereocenters. The van der Waals surface area contributed by atoms with Crippen LogP contribution in [0.1, 0.15) is 66.1 Å². The second-order valence-corrected chi connectivity index (χ2v) is 16.7. The van der Waals surface area contributed by atoms with Crippen LogP contribution in [0.2, 0.25) is 5.04 Å². The van der Waals surface area contributed by atoms with E-state index in [0.717, 1.165) is 10.4 Å². The second kappa shape index (κ2) is 14.1. The van der Waals surface area contributed by atoms with Crippen LogP contribution in [0.5, 0.6) is 0 Å². The van der Waals surface area contributed by atoms with Crippen LogP contribution in [0.25, 0.3) is 0 Å². The van der Waals surface area contributed by atoms with Gasteiger partial charge in [-0.15, -0.1) is 6.58 Å². The van der Waals surface area contributed by atoms with Gasteiger partial charge in [0.25, 0.3) is 8.32 Å². The van der Waals surface area contributed by atoms with E-state index >= 15 is 0 Å². The maximum Gasteiger partial charge on any atom is 0.471 e. The highest BCUT2D eigenvalue weighted by Gasteiger charge is 2.51. The Morgan fingerprint density at radius 2 is 1.33 bits per heavy atom. The van der Waals surface area contributed by atoms with Gasteiger partial charge in [0.05, 0.1) is 11.6 Å². The summed E-state index contributed by atoms with van der Waals surface area (Å²) >= 11 is 0. The lowest BCUT2D eigenvalue weighted by atomic mass is 9.93. The van der Waals surface area contributed by atoms with Crippen molar-refractivity contribution in [1.82, 2.24) is 5.32 Å². The van der Waals surface area contributed by atoms with E-state index in [9.17, 15) is 18.0 Å². The number of amides is 1. The van der Waals surface area contributed by atoms with Crippen LogP contribution >= 0.6 is 0 Å². The highest BCUT2D eigenvalue weighted by molar-refractivity contribution is 6.99. The monoisotopic (exact) mass is 611 g/mol. The summed E-state index contributed by atoms with van der Waals surface area (Å²) in [7, 11) is -2.87. The smallest absolute Gasteiger partial charge is 0.405 e. The van der Waals surface area contributed by atoms with Crippen molar-refractivity contribution in [2.45, 2.75) is 89.4 Å². The molecular weight excluding hydrogens is 567 g/mol. The number of hydrogen-bond acceptors (Lipinski definition) is 3. The topological polar surface area (TPSA) is 47.6 Å². The number of ether oxygens (including phenoxy) is 1. The summed E-state index contributed by atoms with van der Waals surface area (Å²) in [6.45, 7) is 16.0. The molecule has 0 bridgehead atoms. The lowest BCUT2D eigenvalue weighted by Crippen LogP contribution is -2.67. The van der Waals surface area contributed by atoms with E-state index in [4.69, 9.17) is 9.16 Å².